The summed E-state index contributed by atoms with van der Waals surface area (Å²) >= 11 is 13.2. The van der Waals surface area contributed by atoms with Crippen molar-refractivity contribution in [2.24, 2.45) is 10.9 Å². The average Bonchev–Trinajstić information content (AvgIpc) is 3.06. The quantitative estimate of drug-likeness (QED) is 0.716. The summed E-state index contributed by atoms with van der Waals surface area (Å²) < 4.78 is 39.1. The molecular formula is C17H17Cl2F3N2OS. The summed E-state index contributed by atoms with van der Waals surface area (Å²) in [5.41, 5.74) is 0.831. The molecule has 1 N–H and O–H groups in total. The molecule has 26 heavy (non-hydrogen) atoms. The van der Waals surface area contributed by atoms with Crippen molar-refractivity contribution < 1.29 is 18.0 Å². The number of alkyl halides is 4. The van der Waals surface area contributed by atoms with Crippen molar-refractivity contribution in [1.82, 2.24) is 5.32 Å². The number of aliphatic imine (C=N–C) groups is 1. The van der Waals surface area contributed by atoms with Crippen LogP contribution in [0, 0.1) is 5.92 Å². The van der Waals surface area contributed by atoms with Crippen LogP contribution in [-0.2, 0) is 4.79 Å². The molecule has 1 aromatic carbocycles. The van der Waals surface area contributed by atoms with Crippen LogP contribution in [0.3, 0.4) is 0 Å². The molecule has 142 valence electrons. The number of hydrogen-bond donors (Lipinski definition) is 1. The molecule has 1 saturated carbocycles. The first kappa shape index (κ1) is 19.8. The maximum atomic E-state index is 13.0. The predicted octanol–water partition coefficient (Wildman–Crippen LogP) is 4.66. The van der Waals surface area contributed by atoms with E-state index in [4.69, 9.17) is 23.2 Å². The highest BCUT2D eigenvalue weighted by atomic mass is 35.5. The number of hydrogen-bond acceptors (Lipinski definition) is 3. The molecule has 1 amide bonds. The molecule has 4 atom stereocenters. The first-order valence-electron chi connectivity index (χ1n) is 8.21. The zero-order valence-electron chi connectivity index (χ0n) is 13.6. The van der Waals surface area contributed by atoms with Gasteiger partial charge in [0.25, 0.3) is 0 Å². The summed E-state index contributed by atoms with van der Waals surface area (Å²) in [6, 6.07) is 6.04. The van der Waals surface area contributed by atoms with Gasteiger partial charge < -0.3 is 5.32 Å². The molecule has 9 heteroatoms. The van der Waals surface area contributed by atoms with Crippen molar-refractivity contribution in [3.63, 3.8) is 0 Å². The SMILES string of the molecule is O=C(NC1CCC(Cl)[C@@H](C(F)(F)F)C1)C1CSC(c2cccc(Cl)c2)=N1. The molecule has 1 aliphatic carbocycles. The Morgan fingerprint density at radius 1 is 1.31 bits per heavy atom. The monoisotopic (exact) mass is 424 g/mol. The Hall–Kier alpha value is -0.920. The van der Waals surface area contributed by atoms with Crippen LogP contribution in [-0.4, -0.2) is 40.3 Å². The molecule has 3 rings (SSSR count). The van der Waals surface area contributed by atoms with Crippen molar-refractivity contribution in [2.45, 2.75) is 42.9 Å². The lowest BCUT2D eigenvalue weighted by atomic mass is 9.84. The maximum absolute atomic E-state index is 13.0. The summed E-state index contributed by atoms with van der Waals surface area (Å²) in [4.78, 5) is 16.8. The standard InChI is InChI=1S/C17H17Cl2F3N2OS/c18-10-3-1-2-9(6-10)16-24-14(8-26-16)15(25)23-11-4-5-13(19)12(7-11)17(20,21)22/h1-3,6,11-14H,4-5,7-8H2,(H,23,25)/t11?,12-,13?,14?/m0/s1. The van der Waals surface area contributed by atoms with Crippen molar-refractivity contribution >= 4 is 45.9 Å². The highest BCUT2D eigenvalue weighted by molar-refractivity contribution is 8.14. The Morgan fingerprint density at radius 2 is 2.08 bits per heavy atom. The molecular weight excluding hydrogens is 408 g/mol. The van der Waals surface area contributed by atoms with Crippen LogP contribution in [0.1, 0.15) is 24.8 Å². The molecule has 0 bridgehead atoms. The Kier molecular flexibility index (Phi) is 6.09. The van der Waals surface area contributed by atoms with Crippen LogP contribution >= 0.6 is 35.0 Å². The zero-order valence-corrected chi connectivity index (χ0v) is 15.9. The number of nitrogens with zero attached hydrogens (tertiary/aromatic N) is 1. The highest BCUT2D eigenvalue weighted by Crippen LogP contribution is 2.40. The first-order valence-corrected chi connectivity index (χ1v) is 10.0. The molecule has 1 heterocycles. The fraction of sp³-hybridized carbons (Fsp3) is 0.529. The third-order valence-electron chi connectivity index (χ3n) is 4.56. The molecule has 0 saturated heterocycles. The summed E-state index contributed by atoms with van der Waals surface area (Å²) in [7, 11) is 0. The highest BCUT2D eigenvalue weighted by Gasteiger charge is 2.47. The summed E-state index contributed by atoms with van der Waals surface area (Å²) in [6.45, 7) is 0. The van der Waals surface area contributed by atoms with Gasteiger partial charge in [0.05, 0.1) is 11.0 Å². The van der Waals surface area contributed by atoms with E-state index in [2.05, 4.69) is 10.3 Å². The number of rotatable bonds is 3. The minimum Gasteiger partial charge on any atom is -0.351 e. The van der Waals surface area contributed by atoms with Gasteiger partial charge in [-0.1, -0.05) is 23.7 Å². The van der Waals surface area contributed by atoms with E-state index in [1.807, 2.05) is 6.07 Å². The van der Waals surface area contributed by atoms with E-state index in [1.165, 1.54) is 11.8 Å². The van der Waals surface area contributed by atoms with Crippen molar-refractivity contribution in [1.29, 1.82) is 0 Å². The van der Waals surface area contributed by atoms with Crippen LogP contribution in [0.2, 0.25) is 5.02 Å². The van der Waals surface area contributed by atoms with Gasteiger partial charge in [-0.05, 0) is 31.4 Å². The zero-order chi connectivity index (χ0) is 18.9. The second-order valence-electron chi connectivity index (χ2n) is 6.45. The van der Waals surface area contributed by atoms with Gasteiger partial charge in [-0.25, -0.2) is 0 Å². The van der Waals surface area contributed by atoms with Gasteiger partial charge in [-0.2, -0.15) is 13.2 Å². The fourth-order valence-electron chi connectivity index (χ4n) is 3.19. The topological polar surface area (TPSA) is 41.5 Å². The maximum Gasteiger partial charge on any atom is 0.393 e. The fourth-order valence-corrected chi connectivity index (χ4v) is 4.79. The minimum absolute atomic E-state index is 0.186. The number of thioether (sulfide) groups is 1. The van der Waals surface area contributed by atoms with Crippen LogP contribution < -0.4 is 5.32 Å². The van der Waals surface area contributed by atoms with Gasteiger partial charge in [0.2, 0.25) is 5.91 Å². The van der Waals surface area contributed by atoms with E-state index < -0.39 is 29.6 Å². The number of halogens is 5. The van der Waals surface area contributed by atoms with Crippen molar-refractivity contribution in [2.75, 3.05) is 5.75 Å². The van der Waals surface area contributed by atoms with Crippen LogP contribution in [0.4, 0.5) is 13.2 Å². The minimum atomic E-state index is -4.35. The third-order valence-corrected chi connectivity index (χ3v) is 6.41. The Balaban J connectivity index is 1.62. The van der Waals surface area contributed by atoms with E-state index in [0.717, 1.165) is 5.56 Å². The van der Waals surface area contributed by atoms with E-state index in [1.54, 1.807) is 18.2 Å². The normalized spacial score (nSPS) is 29.3. The van der Waals surface area contributed by atoms with E-state index >= 15 is 0 Å². The number of benzene rings is 1. The molecule has 0 spiro atoms. The molecule has 1 fully saturated rings. The number of amides is 1. The smallest absolute Gasteiger partial charge is 0.351 e. The number of carbonyl (C=O) groups excluding carboxylic acids is 1. The van der Waals surface area contributed by atoms with Crippen LogP contribution in [0.25, 0.3) is 0 Å². The largest absolute Gasteiger partial charge is 0.393 e. The van der Waals surface area contributed by atoms with E-state index in [-0.39, 0.29) is 18.7 Å². The predicted molar refractivity (Wildman–Crippen MR) is 99.2 cm³/mol. The Bertz CT molecular complexity index is 713. The van der Waals surface area contributed by atoms with Gasteiger partial charge in [-0.15, -0.1) is 23.4 Å². The van der Waals surface area contributed by atoms with Crippen LogP contribution in [0.5, 0.6) is 0 Å². The molecule has 0 radical (unpaired) electrons. The number of carbonyl (C=O) groups is 1. The molecule has 2 aliphatic rings. The lowest BCUT2D eigenvalue weighted by Gasteiger charge is -2.34. The second kappa shape index (κ2) is 7.98. The van der Waals surface area contributed by atoms with Gasteiger partial charge in [-0.3, -0.25) is 9.79 Å². The molecule has 1 aromatic rings. The lowest BCUT2D eigenvalue weighted by Crippen LogP contribution is -2.48. The van der Waals surface area contributed by atoms with Gasteiger partial charge in [0.15, 0.2) is 0 Å². The molecule has 0 aromatic heterocycles. The van der Waals surface area contributed by atoms with E-state index in [9.17, 15) is 18.0 Å². The third kappa shape index (κ3) is 4.67. The van der Waals surface area contributed by atoms with Gasteiger partial charge >= 0.3 is 6.18 Å². The van der Waals surface area contributed by atoms with Crippen LogP contribution in [0.15, 0.2) is 29.3 Å². The molecule has 3 nitrogen and oxygen atoms in total. The second-order valence-corrected chi connectivity index (χ2v) is 8.46. The van der Waals surface area contributed by atoms with E-state index in [0.29, 0.717) is 22.2 Å². The average molecular weight is 425 g/mol. The first-order chi connectivity index (χ1) is 12.2. The Morgan fingerprint density at radius 3 is 2.77 bits per heavy atom. The van der Waals surface area contributed by atoms with Crippen molar-refractivity contribution in [3.05, 3.63) is 34.9 Å². The summed E-state index contributed by atoms with van der Waals surface area (Å²) in [5.74, 6) is -1.47. The van der Waals surface area contributed by atoms with Gasteiger partial charge in [0, 0.05) is 27.8 Å². The summed E-state index contributed by atoms with van der Waals surface area (Å²) in [5, 5.41) is 3.08. The molecule has 1 aliphatic heterocycles. The molecule has 3 unspecified atom stereocenters. The lowest BCUT2D eigenvalue weighted by molar-refractivity contribution is -0.182. The Labute approximate surface area is 163 Å². The van der Waals surface area contributed by atoms with Crippen molar-refractivity contribution in [3.8, 4) is 0 Å². The summed E-state index contributed by atoms with van der Waals surface area (Å²) in [6.07, 6.45) is -3.87. The number of nitrogens with one attached hydrogen (secondary N) is 1. The van der Waals surface area contributed by atoms with Gasteiger partial charge in [0.1, 0.15) is 6.04 Å².